The molecule has 1 rings (SSSR count). The second-order valence-electron chi connectivity index (χ2n) is 2.44. The molecule has 0 amide bonds. The summed E-state index contributed by atoms with van der Waals surface area (Å²) >= 11 is 0. The average Bonchev–Trinajstić information content (AvgIpc) is 2.28. The van der Waals surface area contributed by atoms with Gasteiger partial charge in [0, 0.05) is 7.11 Å². The summed E-state index contributed by atoms with van der Waals surface area (Å²) in [5.74, 6) is 0. The molecule has 0 radical (unpaired) electrons. The highest BCUT2D eigenvalue weighted by Gasteiger charge is 2.42. The lowest BCUT2D eigenvalue weighted by molar-refractivity contribution is -0.132. The van der Waals surface area contributed by atoms with Crippen molar-refractivity contribution in [3.05, 3.63) is 0 Å². The first-order valence-corrected chi connectivity index (χ1v) is 3.36. The highest BCUT2D eigenvalue weighted by molar-refractivity contribution is 4.86. The van der Waals surface area contributed by atoms with Gasteiger partial charge in [0.1, 0.15) is 18.3 Å². The van der Waals surface area contributed by atoms with Crippen molar-refractivity contribution in [2.75, 3.05) is 13.7 Å². The van der Waals surface area contributed by atoms with Crippen molar-refractivity contribution in [1.29, 1.82) is 0 Å². The minimum Gasteiger partial charge on any atom is -0.394 e. The molecule has 0 aromatic carbocycles. The van der Waals surface area contributed by atoms with E-state index in [1.54, 1.807) is 0 Å². The zero-order valence-corrected chi connectivity index (χ0v) is 6.17. The number of methoxy groups -OCH3 is 1. The first-order chi connectivity index (χ1) is 5.20. The smallest absolute Gasteiger partial charge is 0.184 e. The quantitative estimate of drug-likeness (QED) is 0.443. The third-order valence-electron chi connectivity index (χ3n) is 1.76. The molecule has 3 N–H and O–H groups in total. The van der Waals surface area contributed by atoms with Gasteiger partial charge in [0.25, 0.3) is 0 Å². The molecule has 0 aromatic heterocycles. The van der Waals surface area contributed by atoms with Crippen molar-refractivity contribution in [2.24, 2.45) is 0 Å². The van der Waals surface area contributed by atoms with Gasteiger partial charge in [0.15, 0.2) is 6.29 Å². The van der Waals surface area contributed by atoms with Crippen molar-refractivity contribution >= 4 is 0 Å². The highest BCUT2D eigenvalue weighted by atomic mass is 16.7. The van der Waals surface area contributed by atoms with E-state index in [1.165, 1.54) is 7.11 Å². The van der Waals surface area contributed by atoms with E-state index in [0.29, 0.717) is 0 Å². The lowest BCUT2D eigenvalue weighted by Crippen LogP contribution is -2.35. The molecule has 0 spiro atoms. The number of aliphatic hydroxyl groups excluding tert-OH is 3. The Balaban J connectivity index is 2.57. The molecule has 0 saturated carbocycles. The summed E-state index contributed by atoms with van der Waals surface area (Å²) in [5, 5.41) is 26.8. The maximum Gasteiger partial charge on any atom is 0.184 e. The van der Waals surface area contributed by atoms with E-state index < -0.39 is 24.6 Å². The zero-order valence-electron chi connectivity index (χ0n) is 6.17. The SMILES string of the molecule is CO[C@H]1[C@H](CO)OC(O)[C@@H]1O. The molecule has 4 atom stereocenters. The Morgan fingerprint density at radius 1 is 1.45 bits per heavy atom. The summed E-state index contributed by atoms with van der Waals surface area (Å²) in [5.41, 5.74) is 0. The second kappa shape index (κ2) is 3.46. The number of rotatable bonds is 2. The first-order valence-electron chi connectivity index (χ1n) is 3.36. The summed E-state index contributed by atoms with van der Waals surface area (Å²) < 4.78 is 9.56. The maximum absolute atomic E-state index is 9.15. The van der Waals surface area contributed by atoms with E-state index in [-0.39, 0.29) is 6.61 Å². The van der Waals surface area contributed by atoms with Crippen LogP contribution in [0.2, 0.25) is 0 Å². The van der Waals surface area contributed by atoms with Crippen LogP contribution in [0.15, 0.2) is 0 Å². The van der Waals surface area contributed by atoms with Crippen molar-refractivity contribution < 1.29 is 24.8 Å². The van der Waals surface area contributed by atoms with Gasteiger partial charge in [0.05, 0.1) is 6.61 Å². The third kappa shape index (κ3) is 1.52. The molecule has 0 aliphatic carbocycles. The Morgan fingerprint density at radius 2 is 2.09 bits per heavy atom. The van der Waals surface area contributed by atoms with Gasteiger partial charge in [-0.2, -0.15) is 0 Å². The fourth-order valence-corrected chi connectivity index (χ4v) is 1.16. The van der Waals surface area contributed by atoms with Gasteiger partial charge in [-0.25, -0.2) is 0 Å². The minimum absolute atomic E-state index is 0.271. The lowest BCUT2D eigenvalue weighted by Gasteiger charge is -2.15. The van der Waals surface area contributed by atoms with Gasteiger partial charge in [-0.1, -0.05) is 0 Å². The Morgan fingerprint density at radius 3 is 2.45 bits per heavy atom. The summed E-state index contributed by atoms with van der Waals surface area (Å²) in [7, 11) is 1.39. The van der Waals surface area contributed by atoms with Crippen LogP contribution in [0, 0.1) is 0 Å². The molecule has 5 nitrogen and oxygen atoms in total. The van der Waals surface area contributed by atoms with E-state index in [9.17, 15) is 0 Å². The number of aliphatic hydroxyl groups is 3. The summed E-state index contributed by atoms with van der Waals surface area (Å²) in [6.45, 7) is -0.271. The van der Waals surface area contributed by atoms with Crippen LogP contribution >= 0.6 is 0 Å². The van der Waals surface area contributed by atoms with Crippen LogP contribution in [0.1, 0.15) is 0 Å². The van der Waals surface area contributed by atoms with E-state index >= 15 is 0 Å². The van der Waals surface area contributed by atoms with Crippen LogP contribution in [-0.2, 0) is 9.47 Å². The van der Waals surface area contributed by atoms with E-state index in [1.807, 2.05) is 0 Å². The normalized spacial score (nSPS) is 44.7. The van der Waals surface area contributed by atoms with Crippen LogP contribution in [0.25, 0.3) is 0 Å². The summed E-state index contributed by atoms with van der Waals surface area (Å²) in [4.78, 5) is 0. The fraction of sp³-hybridized carbons (Fsp3) is 1.00. The lowest BCUT2D eigenvalue weighted by atomic mass is 10.1. The molecule has 5 heteroatoms. The van der Waals surface area contributed by atoms with Gasteiger partial charge in [-0.3, -0.25) is 0 Å². The largest absolute Gasteiger partial charge is 0.394 e. The van der Waals surface area contributed by atoms with Gasteiger partial charge in [-0.15, -0.1) is 0 Å². The molecule has 1 unspecified atom stereocenters. The Hall–Kier alpha value is -0.200. The van der Waals surface area contributed by atoms with Gasteiger partial charge >= 0.3 is 0 Å². The van der Waals surface area contributed by atoms with Gasteiger partial charge < -0.3 is 24.8 Å². The molecule has 0 aromatic rings. The fourth-order valence-electron chi connectivity index (χ4n) is 1.16. The minimum atomic E-state index is -1.25. The molecule has 1 fully saturated rings. The third-order valence-corrected chi connectivity index (χ3v) is 1.76. The highest BCUT2D eigenvalue weighted by Crippen LogP contribution is 2.21. The second-order valence-corrected chi connectivity index (χ2v) is 2.44. The Bertz CT molecular complexity index is 128. The number of hydrogen-bond donors (Lipinski definition) is 3. The molecule has 1 aliphatic rings. The molecule has 0 bridgehead atoms. The van der Waals surface area contributed by atoms with E-state index in [4.69, 9.17) is 24.8 Å². The zero-order chi connectivity index (χ0) is 8.43. The molecule has 1 saturated heterocycles. The first kappa shape index (κ1) is 8.89. The molecule has 11 heavy (non-hydrogen) atoms. The average molecular weight is 164 g/mol. The van der Waals surface area contributed by atoms with Crippen LogP contribution in [0.5, 0.6) is 0 Å². The monoisotopic (exact) mass is 164 g/mol. The molecule has 1 aliphatic heterocycles. The van der Waals surface area contributed by atoms with Gasteiger partial charge in [0.2, 0.25) is 0 Å². The molecule has 66 valence electrons. The van der Waals surface area contributed by atoms with Crippen molar-refractivity contribution in [3.8, 4) is 0 Å². The molecule has 1 heterocycles. The Kier molecular flexibility index (Phi) is 2.80. The van der Waals surface area contributed by atoms with Crippen LogP contribution in [-0.4, -0.2) is 53.6 Å². The predicted octanol–water partition coefficient (Wildman–Crippen LogP) is -1.93. The number of hydrogen-bond acceptors (Lipinski definition) is 5. The van der Waals surface area contributed by atoms with E-state index in [2.05, 4.69) is 0 Å². The predicted molar refractivity (Wildman–Crippen MR) is 34.8 cm³/mol. The molecular formula is C6H12O5. The summed E-state index contributed by atoms with van der Waals surface area (Å²) in [6, 6.07) is 0. The van der Waals surface area contributed by atoms with Crippen molar-refractivity contribution in [3.63, 3.8) is 0 Å². The Labute approximate surface area is 64.2 Å². The van der Waals surface area contributed by atoms with Crippen LogP contribution in [0.3, 0.4) is 0 Å². The van der Waals surface area contributed by atoms with Crippen LogP contribution < -0.4 is 0 Å². The standard InChI is InChI=1S/C6H12O5/c1-10-5-3(2-7)11-6(9)4(5)8/h3-9H,2H2,1H3/t3-,4+,5-,6?/m0/s1. The maximum atomic E-state index is 9.15. The van der Waals surface area contributed by atoms with E-state index in [0.717, 1.165) is 0 Å². The van der Waals surface area contributed by atoms with Gasteiger partial charge in [-0.05, 0) is 0 Å². The van der Waals surface area contributed by atoms with Crippen molar-refractivity contribution in [2.45, 2.75) is 24.6 Å². The number of ether oxygens (including phenoxy) is 2. The van der Waals surface area contributed by atoms with Crippen LogP contribution in [0.4, 0.5) is 0 Å². The van der Waals surface area contributed by atoms with Crippen molar-refractivity contribution in [1.82, 2.24) is 0 Å². The summed E-state index contributed by atoms with van der Waals surface area (Å²) in [6.07, 6.45) is -3.60. The topological polar surface area (TPSA) is 79.2 Å². The molecular weight excluding hydrogens is 152 g/mol.